The molecule has 7 heteroatoms. The van der Waals surface area contributed by atoms with Crippen LogP contribution in [0.5, 0.6) is 0 Å². The second-order valence-corrected chi connectivity index (χ2v) is 8.30. The molecule has 0 saturated carbocycles. The third kappa shape index (κ3) is 6.01. The second kappa shape index (κ2) is 6.89. The molecule has 100 valence electrons. The van der Waals surface area contributed by atoms with Crippen LogP contribution in [0.4, 0.5) is 0 Å². The van der Waals surface area contributed by atoms with Gasteiger partial charge in [-0.2, -0.15) is 0 Å². The summed E-state index contributed by atoms with van der Waals surface area (Å²) in [6, 6.07) is 0. The average molecular weight is 375 g/mol. The molecule has 1 fully saturated rings. The van der Waals surface area contributed by atoms with E-state index in [9.17, 15) is 13.2 Å². The van der Waals surface area contributed by atoms with Gasteiger partial charge < -0.3 is 9.64 Å². The zero-order valence-electron chi connectivity index (χ0n) is 9.89. The smallest absolute Gasteiger partial charge is 0.318 e. The first-order valence-electron chi connectivity index (χ1n) is 5.64. The number of esters is 1. The van der Waals surface area contributed by atoms with Crippen LogP contribution >= 0.6 is 22.6 Å². The molecule has 5 nitrogen and oxygen atoms in total. The highest BCUT2D eigenvalue weighted by atomic mass is 127. The molecule has 0 aromatic heterocycles. The Hall–Kier alpha value is 0.110. The van der Waals surface area contributed by atoms with Gasteiger partial charge in [0.15, 0.2) is 9.84 Å². The van der Waals surface area contributed by atoms with Gasteiger partial charge in [0, 0.05) is 19.6 Å². The van der Waals surface area contributed by atoms with E-state index >= 15 is 0 Å². The van der Waals surface area contributed by atoms with Crippen LogP contribution in [0.25, 0.3) is 0 Å². The van der Waals surface area contributed by atoms with E-state index in [1.807, 2.05) is 22.6 Å². The fourth-order valence-electron chi connectivity index (χ4n) is 1.55. The largest absolute Gasteiger partial charge is 0.465 e. The first-order valence-corrected chi connectivity index (χ1v) is 8.71. The molecular formula is C10H18INO4S. The van der Waals surface area contributed by atoms with Crippen LogP contribution in [-0.2, 0) is 19.4 Å². The van der Waals surface area contributed by atoms with Gasteiger partial charge in [-0.25, -0.2) is 8.42 Å². The van der Waals surface area contributed by atoms with Crippen molar-refractivity contribution in [3.8, 4) is 0 Å². The first-order chi connectivity index (χ1) is 7.91. The molecule has 0 bridgehead atoms. The van der Waals surface area contributed by atoms with Crippen molar-refractivity contribution in [2.45, 2.75) is 17.3 Å². The summed E-state index contributed by atoms with van der Waals surface area (Å²) >= 11 is 2.02. The van der Waals surface area contributed by atoms with Crippen molar-refractivity contribution in [2.24, 2.45) is 0 Å². The maximum absolute atomic E-state index is 11.2. The van der Waals surface area contributed by atoms with Crippen LogP contribution in [0, 0.1) is 0 Å². The number of alkyl halides is 1. The van der Waals surface area contributed by atoms with E-state index in [4.69, 9.17) is 4.74 Å². The molecule has 1 saturated heterocycles. The van der Waals surface area contributed by atoms with Crippen LogP contribution in [0.2, 0.25) is 0 Å². The first kappa shape index (κ1) is 15.2. The van der Waals surface area contributed by atoms with E-state index in [2.05, 4.69) is 4.90 Å². The minimum absolute atomic E-state index is 0.118. The normalized spacial score (nSPS) is 22.0. The molecule has 17 heavy (non-hydrogen) atoms. The minimum atomic E-state index is -2.80. The van der Waals surface area contributed by atoms with E-state index in [1.165, 1.54) is 0 Å². The zero-order valence-corrected chi connectivity index (χ0v) is 12.9. The topological polar surface area (TPSA) is 63.7 Å². The summed E-state index contributed by atoms with van der Waals surface area (Å²) in [7, 11) is -2.80. The minimum Gasteiger partial charge on any atom is -0.465 e. The highest BCUT2D eigenvalue weighted by molar-refractivity contribution is 14.1. The van der Waals surface area contributed by atoms with Crippen LogP contribution in [0.1, 0.15) is 13.3 Å². The summed E-state index contributed by atoms with van der Waals surface area (Å²) < 4.78 is 27.3. The number of hydrogen-bond acceptors (Lipinski definition) is 5. The van der Waals surface area contributed by atoms with E-state index in [-0.39, 0.29) is 21.4 Å². The molecule has 0 radical (unpaired) electrons. The molecule has 0 N–H and O–H groups in total. The number of carbonyl (C=O) groups is 1. The van der Waals surface area contributed by atoms with E-state index in [0.717, 1.165) is 13.0 Å². The molecule has 1 aliphatic heterocycles. The van der Waals surface area contributed by atoms with Gasteiger partial charge in [-0.1, -0.05) is 22.6 Å². The molecule has 0 aliphatic carbocycles. The number of nitrogens with zero attached hydrogens (tertiary/aromatic N) is 1. The third-order valence-electron chi connectivity index (χ3n) is 2.62. The Bertz CT molecular complexity index is 341. The van der Waals surface area contributed by atoms with Crippen LogP contribution in [0.3, 0.4) is 0 Å². The molecular weight excluding hydrogens is 357 g/mol. The summed E-state index contributed by atoms with van der Waals surface area (Å²) in [5, 5.41) is 0. The zero-order chi connectivity index (χ0) is 12.9. The Morgan fingerprint density at radius 2 is 2.00 bits per heavy atom. The van der Waals surface area contributed by atoms with Gasteiger partial charge in [0.25, 0.3) is 0 Å². The lowest BCUT2D eigenvalue weighted by molar-refractivity contribution is -0.142. The molecule has 0 spiro atoms. The van der Waals surface area contributed by atoms with Gasteiger partial charge in [-0.05, 0) is 13.3 Å². The summed E-state index contributed by atoms with van der Waals surface area (Å²) in [5.74, 6) is 0.307. The summed E-state index contributed by atoms with van der Waals surface area (Å²) in [5.41, 5.74) is 0. The molecule has 1 unspecified atom stereocenters. The predicted octanol–water partition coefficient (Wildman–Crippen LogP) is 0.474. The fourth-order valence-corrected chi connectivity index (χ4v) is 3.01. The molecule has 1 heterocycles. The molecule has 1 aliphatic rings. The van der Waals surface area contributed by atoms with Crippen molar-refractivity contribution < 1.29 is 17.9 Å². The van der Waals surface area contributed by atoms with Gasteiger partial charge in [-0.15, -0.1) is 0 Å². The number of hydrogen-bond donors (Lipinski definition) is 0. The number of halogens is 1. The third-order valence-corrected chi connectivity index (χ3v) is 4.74. The Morgan fingerprint density at radius 3 is 2.53 bits per heavy atom. The van der Waals surface area contributed by atoms with Gasteiger partial charge in [0.05, 0.1) is 18.1 Å². The van der Waals surface area contributed by atoms with Crippen molar-refractivity contribution in [2.75, 3.05) is 37.7 Å². The summed E-state index contributed by atoms with van der Waals surface area (Å²) in [6.45, 7) is 4.18. The predicted molar refractivity (Wildman–Crippen MR) is 74.2 cm³/mol. The van der Waals surface area contributed by atoms with E-state index < -0.39 is 9.84 Å². The molecule has 1 rings (SSSR count). The van der Waals surface area contributed by atoms with Crippen LogP contribution in [-0.4, -0.2) is 61.0 Å². The fraction of sp³-hybridized carbons (Fsp3) is 0.900. The molecule has 0 aromatic carbocycles. The quantitative estimate of drug-likeness (QED) is 0.303. The number of carbonyl (C=O) groups excluding carboxylic acids is 1. The van der Waals surface area contributed by atoms with Crippen molar-refractivity contribution in [1.29, 1.82) is 0 Å². The lowest BCUT2D eigenvalue weighted by Crippen LogP contribution is -2.40. The van der Waals surface area contributed by atoms with Gasteiger partial charge in [0.2, 0.25) is 0 Å². The highest BCUT2D eigenvalue weighted by Gasteiger charge is 2.21. The Balaban J connectivity index is 2.10. The second-order valence-electron chi connectivity index (χ2n) is 4.13. The van der Waals surface area contributed by atoms with E-state index in [1.54, 1.807) is 6.92 Å². The maximum atomic E-state index is 11.2. The number of rotatable bonds is 5. The van der Waals surface area contributed by atoms with Gasteiger partial charge in [-0.3, -0.25) is 4.79 Å². The van der Waals surface area contributed by atoms with Crippen molar-refractivity contribution >= 4 is 38.4 Å². The molecule has 0 aromatic rings. The van der Waals surface area contributed by atoms with Crippen molar-refractivity contribution in [3.05, 3.63) is 0 Å². The average Bonchev–Trinajstić information content (AvgIpc) is 2.25. The van der Waals surface area contributed by atoms with Crippen molar-refractivity contribution in [1.82, 2.24) is 4.90 Å². The highest BCUT2D eigenvalue weighted by Crippen LogP contribution is 2.05. The lowest BCUT2D eigenvalue weighted by atomic mass is 10.4. The van der Waals surface area contributed by atoms with E-state index in [0.29, 0.717) is 19.7 Å². The Labute approximate surface area is 116 Å². The Kier molecular flexibility index (Phi) is 6.14. The van der Waals surface area contributed by atoms with Crippen molar-refractivity contribution in [3.63, 3.8) is 0 Å². The number of ether oxygens (including phenoxy) is 1. The molecule has 0 amide bonds. The van der Waals surface area contributed by atoms with Gasteiger partial charge in [0.1, 0.15) is 3.92 Å². The Morgan fingerprint density at radius 1 is 1.41 bits per heavy atom. The van der Waals surface area contributed by atoms with Crippen LogP contribution in [0.15, 0.2) is 0 Å². The summed E-state index contributed by atoms with van der Waals surface area (Å²) in [4.78, 5) is 13.3. The maximum Gasteiger partial charge on any atom is 0.318 e. The van der Waals surface area contributed by atoms with Gasteiger partial charge >= 0.3 is 5.97 Å². The lowest BCUT2D eigenvalue weighted by Gasteiger charge is -2.26. The monoisotopic (exact) mass is 375 g/mol. The standard InChI is InChI=1S/C10H18INO4S/c1-9(11)10(13)16-6-2-3-12-4-7-17(14,15)8-5-12/h9H,2-8H2,1H3. The number of sulfone groups is 1. The SMILES string of the molecule is CC(I)C(=O)OCCCN1CCS(=O)(=O)CC1. The van der Waals surface area contributed by atoms with Crippen LogP contribution < -0.4 is 0 Å². The summed E-state index contributed by atoms with van der Waals surface area (Å²) in [6.07, 6.45) is 0.759. The molecule has 1 atom stereocenters.